The van der Waals surface area contributed by atoms with Crippen molar-refractivity contribution in [3.63, 3.8) is 0 Å². The monoisotopic (exact) mass is 299 g/mol. The summed E-state index contributed by atoms with van der Waals surface area (Å²) in [7, 11) is 0. The van der Waals surface area contributed by atoms with Crippen LogP contribution in [0.4, 0.5) is 5.69 Å². The third-order valence-electron chi connectivity index (χ3n) is 4.60. The third-order valence-corrected chi connectivity index (χ3v) is 4.93. The molecular weight excluding hydrogens is 282 g/mol. The fraction of sp³-hybridized carbons (Fsp3) is 0.333. The minimum Gasteiger partial charge on any atom is -0.377 e. The highest BCUT2D eigenvalue weighted by molar-refractivity contribution is 6.31. The molecule has 4 rings (SSSR count). The van der Waals surface area contributed by atoms with Crippen LogP contribution in [0, 0.1) is 5.92 Å². The van der Waals surface area contributed by atoms with Crippen LogP contribution in [-0.4, -0.2) is 6.61 Å². The summed E-state index contributed by atoms with van der Waals surface area (Å²) in [6.07, 6.45) is 2.39. The van der Waals surface area contributed by atoms with Crippen molar-refractivity contribution in [1.82, 2.24) is 0 Å². The molecule has 0 amide bonds. The standard InChI is InChI=1S/C18H18ClNO/c19-14-9-4-10-15-16(14)18-13(8-5-11-21-18)17(20-15)12-6-2-1-3-7-12/h1-4,6-7,9-10,13,17-18,20H,5,8,11H2/t13-,17+,18-/m0/s1. The summed E-state index contributed by atoms with van der Waals surface area (Å²) in [5.74, 6) is 0.438. The minimum atomic E-state index is 0.105. The highest BCUT2D eigenvalue weighted by atomic mass is 35.5. The highest BCUT2D eigenvalue weighted by Crippen LogP contribution is 2.50. The predicted molar refractivity (Wildman–Crippen MR) is 85.7 cm³/mol. The smallest absolute Gasteiger partial charge is 0.0910 e. The molecular formula is C18H18ClNO. The molecule has 0 spiro atoms. The largest absolute Gasteiger partial charge is 0.377 e. The molecule has 2 aliphatic heterocycles. The molecule has 108 valence electrons. The van der Waals surface area contributed by atoms with Crippen molar-refractivity contribution in [2.75, 3.05) is 11.9 Å². The number of hydrogen-bond acceptors (Lipinski definition) is 2. The maximum Gasteiger partial charge on any atom is 0.0910 e. The lowest BCUT2D eigenvalue weighted by atomic mass is 9.77. The van der Waals surface area contributed by atoms with Crippen LogP contribution in [0.1, 0.15) is 36.1 Å². The molecule has 2 aliphatic rings. The Morgan fingerprint density at radius 3 is 2.76 bits per heavy atom. The van der Waals surface area contributed by atoms with E-state index in [-0.39, 0.29) is 6.10 Å². The van der Waals surface area contributed by atoms with Crippen LogP contribution in [-0.2, 0) is 4.74 Å². The van der Waals surface area contributed by atoms with Gasteiger partial charge in [-0.15, -0.1) is 0 Å². The first kappa shape index (κ1) is 13.2. The van der Waals surface area contributed by atoms with Crippen molar-refractivity contribution in [1.29, 1.82) is 0 Å². The van der Waals surface area contributed by atoms with E-state index in [4.69, 9.17) is 16.3 Å². The molecule has 1 saturated heterocycles. The average Bonchev–Trinajstić information content (AvgIpc) is 2.55. The van der Waals surface area contributed by atoms with Crippen molar-refractivity contribution in [3.8, 4) is 0 Å². The van der Waals surface area contributed by atoms with E-state index in [0.29, 0.717) is 12.0 Å². The Kier molecular flexibility index (Phi) is 3.36. The molecule has 2 heterocycles. The fourth-order valence-corrected chi connectivity index (χ4v) is 3.94. The molecule has 0 bridgehead atoms. The van der Waals surface area contributed by atoms with Gasteiger partial charge in [0.1, 0.15) is 0 Å². The van der Waals surface area contributed by atoms with E-state index in [9.17, 15) is 0 Å². The van der Waals surface area contributed by atoms with Crippen molar-refractivity contribution < 1.29 is 4.74 Å². The molecule has 0 aromatic heterocycles. The van der Waals surface area contributed by atoms with Crippen LogP contribution in [0.3, 0.4) is 0 Å². The number of anilines is 1. The average molecular weight is 300 g/mol. The Morgan fingerprint density at radius 2 is 1.90 bits per heavy atom. The third kappa shape index (κ3) is 2.23. The summed E-state index contributed by atoms with van der Waals surface area (Å²) >= 11 is 6.44. The van der Waals surface area contributed by atoms with E-state index in [1.165, 1.54) is 12.0 Å². The van der Waals surface area contributed by atoms with Gasteiger partial charge in [-0.1, -0.05) is 48.0 Å². The van der Waals surface area contributed by atoms with Crippen molar-refractivity contribution in [3.05, 3.63) is 64.7 Å². The van der Waals surface area contributed by atoms with Gasteiger partial charge in [0.05, 0.1) is 12.1 Å². The lowest BCUT2D eigenvalue weighted by molar-refractivity contribution is -0.0380. The van der Waals surface area contributed by atoms with Gasteiger partial charge in [-0.25, -0.2) is 0 Å². The first-order chi connectivity index (χ1) is 10.3. The fourth-order valence-electron chi connectivity index (χ4n) is 3.66. The zero-order valence-electron chi connectivity index (χ0n) is 11.8. The topological polar surface area (TPSA) is 21.3 Å². The molecule has 0 unspecified atom stereocenters. The van der Waals surface area contributed by atoms with Gasteiger partial charge in [0.2, 0.25) is 0 Å². The first-order valence-corrected chi connectivity index (χ1v) is 7.94. The maximum atomic E-state index is 6.44. The zero-order chi connectivity index (χ0) is 14.2. The molecule has 2 aromatic rings. The number of rotatable bonds is 1. The van der Waals surface area contributed by atoms with Crippen molar-refractivity contribution in [2.45, 2.75) is 25.0 Å². The number of nitrogens with one attached hydrogen (secondary N) is 1. The predicted octanol–water partition coefficient (Wildman–Crippen LogP) is 4.97. The van der Waals surface area contributed by atoms with Gasteiger partial charge in [-0.3, -0.25) is 0 Å². The number of fused-ring (bicyclic) bond motifs is 3. The van der Waals surface area contributed by atoms with E-state index in [2.05, 4.69) is 41.7 Å². The summed E-state index contributed by atoms with van der Waals surface area (Å²) in [5.41, 5.74) is 3.57. The molecule has 0 saturated carbocycles. The van der Waals surface area contributed by atoms with Crippen molar-refractivity contribution >= 4 is 17.3 Å². The Hall–Kier alpha value is -1.51. The minimum absolute atomic E-state index is 0.105. The molecule has 0 aliphatic carbocycles. The van der Waals surface area contributed by atoms with Gasteiger partial charge < -0.3 is 10.1 Å². The van der Waals surface area contributed by atoms with Crippen LogP contribution >= 0.6 is 11.6 Å². The quantitative estimate of drug-likeness (QED) is 0.802. The van der Waals surface area contributed by atoms with Crippen LogP contribution in [0.25, 0.3) is 0 Å². The summed E-state index contributed by atoms with van der Waals surface area (Å²) in [6.45, 7) is 0.827. The van der Waals surface area contributed by atoms with Crippen molar-refractivity contribution in [2.24, 2.45) is 5.92 Å². The van der Waals surface area contributed by atoms with Crippen LogP contribution in [0.2, 0.25) is 5.02 Å². The summed E-state index contributed by atoms with van der Waals surface area (Å²) in [5, 5.41) is 4.50. The molecule has 3 heteroatoms. The second kappa shape index (κ2) is 5.36. The van der Waals surface area contributed by atoms with Crippen LogP contribution in [0.15, 0.2) is 48.5 Å². The zero-order valence-corrected chi connectivity index (χ0v) is 12.5. The van der Waals surface area contributed by atoms with Gasteiger partial charge >= 0.3 is 0 Å². The molecule has 1 fully saturated rings. The lowest BCUT2D eigenvalue weighted by Gasteiger charge is -2.43. The second-order valence-electron chi connectivity index (χ2n) is 5.83. The van der Waals surface area contributed by atoms with E-state index >= 15 is 0 Å². The van der Waals surface area contributed by atoms with Crippen LogP contribution < -0.4 is 5.32 Å². The Balaban J connectivity index is 1.81. The molecule has 3 atom stereocenters. The number of halogens is 1. The molecule has 1 N–H and O–H groups in total. The molecule has 2 nitrogen and oxygen atoms in total. The van der Waals surface area contributed by atoms with E-state index in [1.807, 2.05) is 12.1 Å². The Bertz CT molecular complexity index is 643. The van der Waals surface area contributed by atoms with Gasteiger partial charge in [0, 0.05) is 28.8 Å². The van der Waals surface area contributed by atoms with E-state index < -0.39 is 0 Å². The number of benzene rings is 2. The number of ether oxygens (including phenoxy) is 1. The summed E-state index contributed by atoms with van der Waals surface area (Å²) < 4.78 is 6.12. The Morgan fingerprint density at radius 1 is 1.05 bits per heavy atom. The SMILES string of the molecule is Clc1cccc2c1[C@H]1OCCC[C@H]1[C@@H](c1ccccc1)N2. The molecule has 0 radical (unpaired) electrons. The molecule has 2 aromatic carbocycles. The van der Waals surface area contributed by atoms with Crippen LogP contribution in [0.5, 0.6) is 0 Å². The lowest BCUT2D eigenvalue weighted by Crippen LogP contribution is -2.36. The van der Waals surface area contributed by atoms with Gasteiger partial charge in [-0.05, 0) is 30.5 Å². The molecule has 21 heavy (non-hydrogen) atoms. The first-order valence-electron chi connectivity index (χ1n) is 7.56. The van der Waals surface area contributed by atoms with Gasteiger partial charge in [0.25, 0.3) is 0 Å². The maximum absolute atomic E-state index is 6.44. The van der Waals surface area contributed by atoms with E-state index in [1.54, 1.807) is 0 Å². The normalized spacial score (nSPS) is 27.4. The second-order valence-corrected chi connectivity index (χ2v) is 6.24. The summed E-state index contributed by atoms with van der Waals surface area (Å²) in [4.78, 5) is 0. The highest BCUT2D eigenvalue weighted by Gasteiger charge is 2.40. The summed E-state index contributed by atoms with van der Waals surface area (Å²) in [6, 6.07) is 17.0. The van der Waals surface area contributed by atoms with Gasteiger partial charge in [0.15, 0.2) is 0 Å². The van der Waals surface area contributed by atoms with Gasteiger partial charge in [-0.2, -0.15) is 0 Å². The van der Waals surface area contributed by atoms with E-state index in [0.717, 1.165) is 29.3 Å². The Labute approximate surface area is 130 Å². The number of hydrogen-bond donors (Lipinski definition) is 1.